The molecular weight excluding hydrogens is 244 g/mol. The first-order valence-electron chi connectivity index (χ1n) is 8.97. The van der Waals surface area contributed by atoms with Gasteiger partial charge in [0.2, 0.25) is 0 Å². The van der Waals surface area contributed by atoms with Crippen LogP contribution in [0.4, 0.5) is 0 Å². The summed E-state index contributed by atoms with van der Waals surface area (Å²) in [5, 5.41) is 3.28. The summed E-state index contributed by atoms with van der Waals surface area (Å²) in [5.41, 5.74) is 0.528. The van der Waals surface area contributed by atoms with Crippen molar-refractivity contribution >= 4 is 0 Å². The molecule has 0 bridgehead atoms. The molecule has 0 aromatic carbocycles. The van der Waals surface area contributed by atoms with E-state index in [2.05, 4.69) is 37.9 Å². The van der Waals surface area contributed by atoms with E-state index in [1.807, 2.05) is 13.8 Å². The van der Waals surface area contributed by atoms with Gasteiger partial charge in [0.05, 0.1) is 0 Å². The van der Waals surface area contributed by atoms with E-state index < -0.39 is 0 Å². The van der Waals surface area contributed by atoms with Gasteiger partial charge in [-0.1, -0.05) is 48.0 Å². The van der Waals surface area contributed by atoms with Gasteiger partial charge in [-0.15, -0.1) is 0 Å². The predicted molar refractivity (Wildman–Crippen MR) is 92.4 cm³/mol. The fourth-order valence-corrected chi connectivity index (χ4v) is 2.92. The van der Waals surface area contributed by atoms with E-state index in [4.69, 9.17) is 0 Å². The number of likely N-dealkylation sites (tertiary alicyclic amines) is 1. The first kappa shape index (κ1) is 19.9. The molecule has 0 aliphatic carbocycles. The average Bonchev–Trinajstić information content (AvgIpc) is 2.51. The lowest BCUT2D eigenvalue weighted by Crippen LogP contribution is -2.37. The second kappa shape index (κ2) is 11.6. The Morgan fingerprint density at radius 2 is 1.45 bits per heavy atom. The number of hydrogen-bond acceptors (Lipinski definition) is 2. The number of rotatable bonds is 1. The molecule has 2 heterocycles. The van der Waals surface area contributed by atoms with E-state index in [0.717, 1.165) is 5.92 Å². The zero-order chi connectivity index (χ0) is 15.4. The van der Waals surface area contributed by atoms with E-state index in [-0.39, 0.29) is 0 Å². The quantitative estimate of drug-likeness (QED) is 0.760. The maximum atomic E-state index is 3.28. The first-order chi connectivity index (χ1) is 9.54. The van der Waals surface area contributed by atoms with Crippen molar-refractivity contribution in [2.45, 2.75) is 73.6 Å². The van der Waals surface area contributed by atoms with Gasteiger partial charge in [0.15, 0.2) is 0 Å². The van der Waals surface area contributed by atoms with Crippen LogP contribution in [0.5, 0.6) is 0 Å². The van der Waals surface area contributed by atoms with Crippen LogP contribution in [-0.4, -0.2) is 37.6 Å². The van der Waals surface area contributed by atoms with Gasteiger partial charge in [0.1, 0.15) is 0 Å². The van der Waals surface area contributed by atoms with Crippen LogP contribution in [0.1, 0.15) is 73.6 Å². The highest BCUT2D eigenvalue weighted by Gasteiger charge is 2.27. The fourth-order valence-electron chi connectivity index (χ4n) is 2.92. The van der Waals surface area contributed by atoms with Crippen LogP contribution in [0.3, 0.4) is 0 Å². The van der Waals surface area contributed by atoms with Gasteiger partial charge in [0.25, 0.3) is 0 Å². The summed E-state index contributed by atoms with van der Waals surface area (Å²) in [6.45, 7) is 19.8. The van der Waals surface area contributed by atoms with Crippen LogP contribution < -0.4 is 5.32 Å². The predicted octanol–water partition coefficient (Wildman–Crippen LogP) is 4.55. The molecule has 2 rings (SSSR count). The van der Waals surface area contributed by atoms with Gasteiger partial charge in [-0.25, -0.2) is 0 Å². The van der Waals surface area contributed by atoms with E-state index >= 15 is 0 Å². The molecule has 1 N–H and O–H groups in total. The minimum Gasteiger partial charge on any atom is -0.317 e. The topological polar surface area (TPSA) is 15.3 Å². The van der Waals surface area contributed by atoms with Crippen molar-refractivity contribution in [3.05, 3.63) is 0 Å². The number of piperidine rings is 2. The number of nitrogens with one attached hydrogen (secondary N) is 1. The second-order valence-corrected chi connectivity index (χ2v) is 6.89. The van der Waals surface area contributed by atoms with Crippen molar-refractivity contribution in [1.82, 2.24) is 10.2 Å². The summed E-state index contributed by atoms with van der Waals surface area (Å²) in [6.07, 6.45) is 7.02. The Kier molecular flexibility index (Phi) is 11.5. The monoisotopic (exact) mass is 284 g/mol. The molecule has 2 nitrogen and oxygen atoms in total. The van der Waals surface area contributed by atoms with Crippen LogP contribution in [0.25, 0.3) is 0 Å². The molecule has 0 aromatic heterocycles. The summed E-state index contributed by atoms with van der Waals surface area (Å²) >= 11 is 0. The van der Waals surface area contributed by atoms with Crippen molar-refractivity contribution < 1.29 is 0 Å². The Hall–Kier alpha value is -0.0800. The van der Waals surface area contributed by atoms with Crippen molar-refractivity contribution in [3.63, 3.8) is 0 Å². The normalized spacial score (nSPS) is 21.3. The van der Waals surface area contributed by atoms with Gasteiger partial charge < -0.3 is 10.2 Å². The van der Waals surface area contributed by atoms with E-state index in [0.29, 0.717) is 5.41 Å². The maximum absolute atomic E-state index is 3.28. The molecular formula is C18H40N2. The van der Waals surface area contributed by atoms with Crippen LogP contribution in [0.15, 0.2) is 0 Å². The molecule has 0 radical (unpaired) electrons. The van der Waals surface area contributed by atoms with Crippen molar-refractivity contribution in [3.8, 4) is 0 Å². The maximum Gasteiger partial charge on any atom is -0.00160 e. The molecule has 2 saturated heterocycles. The van der Waals surface area contributed by atoms with Gasteiger partial charge in [-0.3, -0.25) is 0 Å². The highest BCUT2D eigenvalue weighted by atomic mass is 15.1. The Balaban J connectivity index is 0.000000377. The van der Waals surface area contributed by atoms with Crippen LogP contribution in [-0.2, 0) is 0 Å². The molecule has 0 amide bonds. The Bertz CT molecular complexity index is 184. The SMILES string of the molecule is C1CCNCC1.CC.CCN1CCC(C(C)(C)C)CC1. The summed E-state index contributed by atoms with van der Waals surface area (Å²) in [4.78, 5) is 2.56. The highest BCUT2D eigenvalue weighted by Crippen LogP contribution is 2.33. The summed E-state index contributed by atoms with van der Waals surface area (Å²) in [7, 11) is 0. The smallest absolute Gasteiger partial charge is 0.00160 e. The molecule has 2 aliphatic rings. The molecule has 0 saturated carbocycles. The number of hydrogen-bond donors (Lipinski definition) is 1. The molecule has 2 aliphatic heterocycles. The van der Waals surface area contributed by atoms with Crippen molar-refractivity contribution in [1.29, 1.82) is 0 Å². The molecule has 2 heteroatoms. The largest absolute Gasteiger partial charge is 0.317 e. The fraction of sp³-hybridized carbons (Fsp3) is 1.00. The first-order valence-corrected chi connectivity index (χ1v) is 8.97. The second-order valence-electron chi connectivity index (χ2n) is 6.89. The van der Waals surface area contributed by atoms with E-state index in [9.17, 15) is 0 Å². The van der Waals surface area contributed by atoms with Crippen LogP contribution in [0.2, 0.25) is 0 Å². The minimum absolute atomic E-state index is 0.528. The highest BCUT2D eigenvalue weighted by molar-refractivity contribution is 4.80. The lowest BCUT2D eigenvalue weighted by atomic mass is 9.75. The average molecular weight is 285 g/mol. The minimum atomic E-state index is 0.528. The number of nitrogens with zero attached hydrogens (tertiary/aromatic N) is 1. The van der Waals surface area contributed by atoms with E-state index in [1.165, 1.54) is 64.8 Å². The Morgan fingerprint density at radius 1 is 0.950 bits per heavy atom. The van der Waals surface area contributed by atoms with Gasteiger partial charge in [0, 0.05) is 0 Å². The third-order valence-corrected chi connectivity index (χ3v) is 4.47. The lowest BCUT2D eigenvalue weighted by molar-refractivity contribution is 0.116. The zero-order valence-electron chi connectivity index (χ0n) is 15.1. The van der Waals surface area contributed by atoms with Gasteiger partial charge in [-0.2, -0.15) is 0 Å². The van der Waals surface area contributed by atoms with Gasteiger partial charge >= 0.3 is 0 Å². The molecule has 0 aromatic rings. The molecule has 0 atom stereocenters. The third kappa shape index (κ3) is 8.97. The summed E-state index contributed by atoms with van der Waals surface area (Å²) < 4.78 is 0. The molecule has 20 heavy (non-hydrogen) atoms. The van der Waals surface area contributed by atoms with Crippen LogP contribution in [0, 0.1) is 11.3 Å². The summed E-state index contributed by atoms with van der Waals surface area (Å²) in [6, 6.07) is 0. The third-order valence-electron chi connectivity index (χ3n) is 4.47. The summed E-state index contributed by atoms with van der Waals surface area (Å²) in [5.74, 6) is 0.945. The molecule has 0 spiro atoms. The van der Waals surface area contributed by atoms with Crippen LogP contribution >= 0.6 is 0 Å². The molecule has 0 unspecified atom stereocenters. The van der Waals surface area contributed by atoms with E-state index in [1.54, 1.807) is 0 Å². The van der Waals surface area contributed by atoms with Crippen molar-refractivity contribution in [2.75, 3.05) is 32.7 Å². The van der Waals surface area contributed by atoms with Gasteiger partial charge in [-0.05, 0) is 69.7 Å². The Labute approximate surface area is 128 Å². The van der Waals surface area contributed by atoms with Crippen molar-refractivity contribution in [2.24, 2.45) is 11.3 Å². The zero-order valence-corrected chi connectivity index (χ0v) is 15.1. The Morgan fingerprint density at radius 3 is 1.70 bits per heavy atom. The molecule has 2 fully saturated rings. The molecule has 122 valence electrons. The standard InChI is InChI=1S/C11H23N.C5H11N.C2H6/c1-5-12-8-6-10(7-9-12)11(2,3)4;1-2-4-6-5-3-1;1-2/h10H,5-9H2,1-4H3;6H,1-5H2;1-2H3. The lowest BCUT2D eigenvalue weighted by Gasteiger charge is -2.38.